The lowest BCUT2D eigenvalue weighted by atomic mass is 9.99. The zero-order valence-corrected chi connectivity index (χ0v) is 23.3. The molecule has 0 aromatic heterocycles. The molecule has 4 nitrogen and oxygen atoms in total. The molecule has 4 aromatic rings. The van der Waals surface area contributed by atoms with Crippen LogP contribution in [0.5, 0.6) is 0 Å². The minimum Gasteiger partial charge on any atom is -0.368 e. The summed E-state index contributed by atoms with van der Waals surface area (Å²) < 4.78 is 26.5. The zero-order chi connectivity index (χ0) is 26.9. The van der Waals surface area contributed by atoms with E-state index in [2.05, 4.69) is 74.5 Å². The van der Waals surface area contributed by atoms with E-state index in [1.165, 1.54) is 5.56 Å². The molecule has 0 N–H and O–H groups in total. The molecule has 1 saturated heterocycles. The maximum Gasteiger partial charge on any atom is 0.136 e. The van der Waals surface area contributed by atoms with Crippen LogP contribution in [0.15, 0.2) is 120 Å². The molecule has 1 unspecified atom stereocenters. The number of hydrogen-bond acceptors (Lipinski definition) is 5. The number of benzene rings is 4. The first-order valence-corrected chi connectivity index (χ1v) is 14.4. The van der Waals surface area contributed by atoms with Gasteiger partial charge in [0.1, 0.15) is 23.7 Å². The van der Waals surface area contributed by atoms with Crippen LogP contribution in [0.2, 0.25) is 0 Å². The standard InChI is InChI=1S/C34H36O4S/c1-25-18-20-30(21-19-25)39-34-33(37-24-29-16-10-5-11-17-29)32(36-23-28-14-8-4-9-15-28)31(26(2)38-34)35-22-27-12-6-3-7-13-27/h3-21,26,31-34H,22-24H2,1-2H3/t26-,31+,32+,33-,34?/m0/s1. The molecule has 0 amide bonds. The number of rotatable bonds is 11. The minimum atomic E-state index is -0.350. The van der Waals surface area contributed by atoms with Gasteiger partial charge >= 0.3 is 0 Å². The second-order valence-electron chi connectivity index (χ2n) is 9.92. The highest BCUT2D eigenvalue weighted by Gasteiger charge is 2.47. The van der Waals surface area contributed by atoms with E-state index < -0.39 is 0 Å². The number of ether oxygens (including phenoxy) is 4. The predicted octanol–water partition coefficient (Wildman–Crippen LogP) is 7.59. The number of aryl methyl sites for hydroxylation is 1. The Kier molecular flexibility index (Phi) is 9.86. The first-order chi connectivity index (χ1) is 19.2. The van der Waals surface area contributed by atoms with Crippen LogP contribution in [0.25, 0.3) is 0 Å². The summed E-state index contributed by atoms with van der Waals surface area (Å²) in [5.74, 6) is 0. The third-order valence-corrected chi connectivity index (χ3v) is 8.01. The largest absolute Gasteiger partial charge is 0.368 e. The summed E-state index contributed by atoms with van der Waals surface area (Å²) in [5.41, 5.74) is 4.31. The van der Waals surface area contributed by atoms with Gasteiger partial charge in [0.2, 0.25) is 0 Å². The van der Waals surface area contributed by atoms with Gasteiger partial charge in [-0.2, -0.15) is 0 Å². The molecule has 0 radical (unpaired) electrons. The van der Waals surface area contributed by atoms with Crippen LogP contribution < -0.4 is 0 Å². The van der Waals surface area contributed by atoms with Crippen LogP contribution in [0.3, 0.4) is 0 Å². The van der Waals surface area contributed by atoms with Crippen molar-refractivity contribution in [1.82, 2.24) is 0 Å². The number of hydrogen-bond donors (Lipinski definition) is 0. The van der Waals surface area contributed by atoms with Crippen molar-refractivity contribution in [2.75, 3.05) is 0 Å². The molecule has 1 aliphatic heterocycles. The summed E-state index contributed by atoms with van der Waals surface area (Å²) in [4.78, 5) is 1.14. The van der Waals surface area contributed by atoms with Gasteiger partial charge in [-0.15, -0.1) is 0 Å². The Bertz CT molecular complexity index is 1250. The van der Waals surface area contributed by atoms with Gasteiger partial charge in [-0.05, 0) is 42.7 Å². The van der Waals surface area contributed by atoms with Crippen LogP contribution in [0, 0.1) is 6.92 Å². The molecule has 0 bridgehead atoms. The molecule has 0 spiro atoms. The van der Waals surface area contributed by atoms with E-state index >= 15 is 0 Å². The molecule has 39 heavy (non-hydrogen) atoms. The van der Waals surface area contributed by atoms with Gasteiger partial charge in [0.15, 0.2) is 0 Å². The summed E-state index contributed by atoms with van der Waals surface area (Å²) >= 11 is 1.68. The third-order valence-electron chi connectivity index (χ3n) is 6.86. The van der Waals surface area contributed by atoms with Crippen LogP contribution in [-0.4, -0.2) is 29.9 Å². The van der Waals surface area contributed by atoms with E-state index in [1.54, 1.807) is 11.8 Å². The average Bonchev–Trinajstić information content (AvgIpc) is 2.98. The summed E-state index contributed by atoms with van der Waals surface area (Å²) in [6.07, 6.45) is -1.17. The van der Waals surface area contributed by atoms with Gasteiger partial charge in [0.25, 0.3) is 0 Å². The van der Waals surface area contributed by atoms with Crippen LogP contribution >= 0.6 is 11.8 Å². The van der Waals surface area contributed by atoms with E-state index in [1.807, 2.05) is 54.6 Å². The number of thioether (sulfide) groups is 1. The Morgan fingerprint density at radius 3 is 1.49 bits per heavy atom. The average molecular weight is 541 g/mol. The molecule has 0 aliphatic carbocycles. The Labute approximate surface area is 236 Å². The Balaban J connectivity index is 1.42. The molecular formula is C34H36O4S. The van der Waals surface area contributed by atoms with E-state index in [9.17, 15) is 0 Å². The van der Waals surface area contributed by atoms with Gasteiger partial charge in [0, 0.05) is 4.90 Å². The second kappa shape index (κ2) is 13.9. The fourth-order valence-corrected chi connectivity index (χ4v) is 5.87. The summed E-state index contributed by atoms with van der Waals surface area (Å²) in [6.45, 7) is 5.58. The Morgan fingerprint density at radius 2 is 1.00 bits per heavy atom. The van der Waals surface area contributed by atoms with E-state index in [4.69, 9.17) is 18.9 Å². The highest BCUT2D eigenvalue weighted by Crippen LogP contribution is 2.38. The van der Waals surface area contributed by atoms with Crippen molar-refractivity contribution in [3.8, 4) is 0 Å². The fraction of sp³-hybridized carbons (Fsp3) is 0.294. The quantitative estimate of drug-likeness (QED) is 0.196. The predicted molar refractivity (Wildman–Crippen MR) is 156 cm³/mol. The van der Waals surface area contributed by atoms with Crippen molar-refractivity contribution in [3.05, 3.63) is 138 Å². The van der Waals surface area contributed by atoms with Crippen molar-refractivity contribution in [2.24, 2.45) is 0 Å². The molecule has 4 aromatic carbocycles. The maximum atomic E-state index is 6.69. The zero-order valence-electron chi connectivity index (χ0n) is 22.5. The Morgan fingerprint density at radius 1 is 0.564 bits per heavy atom. The fourth-order valence-electron chi connectivity index (χ4n) is 4.71. The normalized spacial score (nSPS) is 23.0. The molecule has 202 valence electrons. The van der Waals surface area contributed by atoms with Gasteiger partial charge in [-0.3, -0.25) is 0 Å². The summed E-state index contributed by atoms with van der Waals surface area (Å²) in [6, 6.07) is 39.3. The van der Waals surface area contributed by atoms with Crippen molar-refractivity contribution in [2.45, 2.75) is 68.4 Å². The van der Waals surface area contributed by atoms with Gasteiger partial charge in [-0.25, -0.2) is 0 Å². The van der Waals surface area contributed by atoms with Gasteiger partial charge in [0.05, 0.1) is 25.9 Å². The van der Waals surface area contributed by atoms with Crippen molar-refractivity contribution >= 4 is 11.8 Å². The molecule has 1 heterocycles. The lowest BCUT2D eigenvalue weighted by molar-refractivity contribution is -0.242. The second-order valence-corrected chi connectivity index (χ2v) is 11.1. The maximum absolute atomic E-state index is 6.69. The van der Waals surface area contributed by atoms with E-state index in [-0.39, 0.29) is 29.9 Å². The Hall–Kier alpha value is -2.93. The van der Waals surface area contributed by atoms with E-state index in [0.717, 1.165) is 21.6 Å². The lowest BCUT2D eigenvalue weighted by Crippen LogP contribution is -2.58. The smallest absolute Gasteiger partial charge is 0.136 e. The molecule has 1 aliphatic rings. The molecule has 1 fully saturated rings. The van der Waals surface area contributed by atoms with Gasteiger partial charge < -0.3 is 18.9 Å². The topological polar surface area (TPSA) is 36.9 Å². The van der Waals surface area contributed by atoms with Crippen molar-refractivity contribution in [1.29, 1.82) is 0 Å². The molecular weight excluding hydrogens is 504 g/mol. The minimum absolute atomic E-state index is 0.186. The van der Waals surface area contributed by atoms with Crippen LogP contribution in [0.1, 0.15) is 29.2 Å². The van der Waals surface area contributed by atoms with Crippen LogP contribution in [0.4, 0.5) is 0 Å². The molecule has 0 saturated carbocycles. The van der Waals surface area contributed by atoms with E-state index in [0.29, 0.717) is 19.8 Å². The van der Waals surface area contributed by atoms with Crippen LogP contribution in [-0.2, 0) is 38.8 Å². The van der Waals surface area contributed by atoms with Crippen molar-refractivity contribution in [3.63, 3.8) is 0 Å². The molecule has 5 atom stereocenters. The third kappa shape index (κ3) is 7.81. The SMILES string of the molecule is Cc1ccc(SC2O[C@@H](C)[C@@H](OCc3ccccc3)[C@@H](OCc3ccccc3)[C@@H]2OCc2ccccc2)cc1. The first kappa shape index (κ1) is 27.6. The highest BCUT2D eigenvalue weighted by molar-refractivity contribution is 7.99. The van der Waals surface area contributed by atoms with Crippen molar-refractivity contribution < 1.29 is 18.9 Å². The highest BCUT2D eigenvalue weighted by atomic mass is 32.2. The monoisotopic (exact) mass is 540 g/mol. The molecule has 5 rings (SSSR count). The van der Waals surface area contributed by atoms with Gasteiger partial charge in [-0.1, -0.05) is 120 Å². The first-order valence-electron chi connectivity index (χ1n) is 13.5. The molecule has 5 heteroatoms. The summed E-state index contributed by atoms with van der Waals surface area (Å²) in [7, 11) is 0. The summed E-state index contributed by atoms with van der Waals surface area (Å²) in [5, 5.41) is 0. The lowest BCUT2D eigenvalue weighted by Gasteiger charge is -2.45.